The number of alkyl halides is 3. The monoisotopic (exact) mass is 501 g/mol. The lowest BCUT2D eigenvalue weighted by Gasteiger charge is -2.38. The van der Waals surface area contributed by atoms with Crippen molar-refractivity contribution >= 4 is 29.9 Å². The van der Waals surface area contributed by atoms with Crippen molar-refractivity contribution in [3.05, 3.63) is 35.4 Å². The molecule has 1 aromatic rings. The molecule has 1 saturated heterocycles. The third-order valence-electron chi connectivity index (χ3n) is 4.67. The molecule has 0 aliphatic carbocycles. The second-order valence-corrected chi connectivity index (χ2v) is 6.32. The Hall–Kier alpha value is -1.07. The lowest BCUT2D eigenvalue weighted by Crippen LogP contribution is -2.48. The number of benzene rings is 1. The standard InChI is InChI=1S/C18H26F3N3O2.HI/c1-22-16(23-8-11-25-2)24-13-17(6-9-26-10-7-17)14-4-3-5-15(12-14)18(19,20)21;/h3-5,12H,6-11,13H2,1-2H3,(H2,22,23,24);1H. The zero-order valence-corrected chi connectivity index (χ0v) is 17.9. The van der Waals surface area contributed by atoms with Crippen LogP contribution < -0.4 is 10.6 Å². The van der Waals surface area contributed by atoms with Crippen molar-refractivity contribution in [3.63, 3.8) is 0 Å². The fraction of sp³-hybridized carbons (Fsp3) is 0.611. The summed E-state index contributed by atoms with van der Waals surface area (Å²) >= 11 is 0. The Kier molecular flexibility index (Phi) is 9.82. The first-order chi connectivity index (χ1) is 12.4. The van der Waals surface area contributed by atoms with Gasteiger partial charge in [-0.05, 0) is 24.5 Å². The van der Waals surface area contributed by atoms with Gasteiger partial charge in [0.2, 0.25) is 0 Å². The van der Waals surface area contributed by atoms with Gasteiger partial charge in [0.25, 0.3) is 0 Å². The lowest BCUT2D eigenvalue weighted by atomic mass is 9.73. The van der Waals surface area contributed by atoms with Gasteiger partial charge in [-0.2, -0.15) is 13.2 Å². The van der Waals surface area contributed by atoms with Gasteiger partial charge in [0.05, 0.1) is 12.2 Å². The quantitative estimate of drug-likeness (QED) is 0.272. The molecule has 0 spiro atoms. The van der Waals surface area contributed by atoms with Crippen LogP contribution in [0.15, 0.2) is 29.3 Å². The maximum absolute atomic E-state index is 13.1. The summed E-state index contributed by atoms with van der Waals surface area (Å²) in [5, 5.41) is 6.36. The van der Waals surface area contributed by atoms with Crippen molar-refractivity contribution in [1.82, 2.24) is 10.6 Å². The summed E-state index contributed by atoms with van der Waals surface area (Å²) in [7, 11) is 3.27. The topological polar surface area (TPSA) is 54.9 Å². The number of hydrogen-bond donors (Lipinski definition) is 2. The SMILES string of the molecule is CN=C(NCCOC)NCC1(c2cccc(C(F)(F)F)c2)CCOCC1.I. The van der Waals surface area contributed by atoms with Crippen LogP contribution in [0.25, 0.3) is 0 Å². The predicted octanol–water partition coefficient (Wildman–Crippen LogP) is 3.18. The number of guanidine groups is 1. The normalized spacial score (nSPS) is 17.1. The van der Waals surface area contributed by atoms with Crippen molar-refractivity contribution in [3.8, 4) is 0 Å². The molecule has 0 unspecified atom stereocenters. The highest BCUT2D eigenvalue weighted by Gasteiger charge is 2.37. The Bertz CT molecular complexity index is 606. The van der Waals surface area contributed by atoms with E-state index in [1.165, 1.54) is 12.1 Å². The van der Waals surface area contributed by atoms with Crippen molar-refractivity contribution in [2.75, 3.05) is 47.1 Å². The molecule has 5 nitrogen and oxygen atoms in total. The van der Waals surface area contributed by atoms with Crippen LogP contribution in [-0.2, 0) is 21.1 Å². The highest BCUT2D eigenvalue weighted by atomic mass is 127. The molecule has 0 amide bonds. The number of rotatable bonds is 6. The van der Waals surface area contributed by atoms with Crippen molar-refractivity contribution in [2.45, 2.75) is 24.4 Å². The third kappa shape index (κ3) is 6.79. The molecule has 27 heavy (non-hydrogen) atoms. The van der Waals surface area contributed by atoms with E-state index >= 15 is 0 Å². The molecule has 1 aromatic carbocycles. The largest absolute Gasteiger partial charge is 0.416 e. The predicted molar refractivity (Wildman–Crippen MR) is 110 cm³/mol. The van der Waals surface area contributed by atoms with Gasteiger partial charge in [-0.3, -0.25) is 4.99 Å². The van der Waals surface area contributed by atoms with Crippen LogP contribution in [0.3, 0.4) is 0 Å². The van der Waals surface area contributed by atoms with E-state index in [1.807, 2.05) is 0 Å². The number of hydrogen-bond acceptors (Lipinski definition) is 3. The van der Waals surface area contributed by atoms with Gasteiger partial charge in [0.15, 0.2) is 5.96 Å². The summed E-state index contributed by atoms with van der Waals surface area (Å²) in [6.07, 6.45) is -3.06. The van der Waals surface area contributed by atoms with E-state index in [2.05, 4.69) is 15.6 Å². The number of methoxy groups -OCH3 is 1. The molecule has 1 aliphatic rings. The van der Waals surface area contributed by atoms with Crippen LogP contribution in [0, 0.1) is 0 Å². The van der Waals surface area contributed by atoms with Gasteiger partial charge in [-0.25, -0.2) is 0 Å². The molecule has 2 rings (SSSR count). The minimum atomic E-state index is -4.35. The van der Waals surface area contributed by atoms with Crippen molar-refractivity contribution < 1.29 is 22.6 Å². The molecule has 0 aromatic heterocycles. The van der Waals surface area contributed by atoms with Crippen LogP contribution in [0.5, 0.6) is 0 Å². The first kappa shape index (κ1) is 24.0. The molecule has 2 N–H and O–H groups in total. The molecule has 154 valence electrons. The minimum absolute atomic E-state index is 0. The first-order valence-electron chi connectivity index (χ1n) is 8.60. The molecule has 0 saturated carbocycles. The lowest BCUT2D eigenvalue weighted by molar-refractivity contribution is -0.137. The van der Waals surface area contributed by atoms with Crippen LogP contribution >= 0.6 is 24.0 Å². The van der Waals surface area contributed by atoms with Crippen molar-refractivity contribution in [2.24, 2.45) is 4.99 Å². The number of halogens is 4. The summed E-state index contributed by atoms with van der Waals surface area (Å²) in [6, 6.07) is 5.60. The number of ether oxygens (including phenoxy) is 2. The van der Waals surface area contributed by atoms with Gasteiger partial charge in [0, 0.05) is 45.9 Å². The van der Waals surface area contributed by atoms with E-state index in [0.29, 0.717) is 57.3 Å². The second kappa shape index (κ2) is 11.1. The molecular formula is C18H27F3IN3O2. The Morgan fingerprint density at radius 2 is 1.96 bits per heavy atom. The Labute approximate surface area is 175 Å². The summed E-state index contributed by atoms with van der Waals surface area (Å²) in [4.78, 5) is 4.15. The molecule has 0 bridgehead atoms. The van der Waals surface area contributed by atoms with Gasteiger partial charge >= 0.3 is 6.18 Å². The Balaban J connectivity index is 0.00000364. The van der Waals surface area contributed by atoms with Crippen LogP contribution in [0.4, 0.5) is 13.2 Å². The number of aliphatic imine (C=N–C) groups is 1. The highest BCUT2D eigenvalue weighted by molar-refractivity contribution is 14.0. The molecule has 0 atom stereocenters. The zero-order valence-electron chi connectivity index (χ0n) is 15.6. The van der Waals surface area contributed by atoms with Gasteiger partial charge in [-0.1, -0.05) is 18.2 Å². The number of nitrogens with zero attached hydrogens (tertiary/aromatic N) is 1. The summed E-state index contributed by atoms with van der Waals surface area (Å²) < 4.78 is 49.8. The molecule has 1 heterocycles. The Morgan fingerprint density at radius 1 is 1.26 bits per heavy atom. The minimum Gasteiger partial charge on any atom is -0.383 e. The maximum atomic E-state index is 13.1. The van der Waals surface area contributed by atoms with E-state index in [9.17, 15) is 13.2 Å². The molecule has 9 heteroatoms. The fourth-order valence-electron chi connectivity index (χ4n) is 3.10. The summed E-state index contributed by atoms with van der Waals surface area (Å²) in [6.45, 7) is 2.65. The average Bonchev–Trinajstić information content (AvgIpc) is 2.65. The molecule has 1 fully saturated rings. The third-order valence-corrected chi connectivity index (χ3v) is 4.67. The molecule has 0 radical (unpaired) electrons. The average molecular weight is 501 g/mol. The second-order valence-electron chi connectivity index (χ2n) is 6.32. The number of nitrogens with one attached hydrogen (secondary N) is 2. The van der Waals surface area contributed by atoms with Gasteiger partial charge < -0.3 is 20.1 Å². The summed E-state index contributed by atoms with van der Waals surface area (Å²) in [5.41, 5.74) is -0.378. The zero-order chi connectivity index (χ0) is 19.0. The Morgan fingerprint density at radius 3 is 2.56 bits per heavy atom. The van der Waals surface area contributed by atoms with E-state index in [-0.39, 0.29) is 24.0 Å². The molecular weight excluding hydrogens is 474 g/mol. The van der Waals surface area contributed by atoms with Crippen LogP contribution in [-0.4, -0.2) is 53.0 Å². The van der Waals surface area contributed by atoms with Crippen LogP contribution in [0.1, 0.15) is 24.0 Å². The first-order valence-corrected chi connectivity index (χ1v) is 8.60. The maximum Gasteiger partial charge on any atom is 0.416 e. The van der Waals surface area contributed by atoms with E-state index in [0.717, 1.165) is 6.07 Å². The smallest absolute Gasteiger partial charge is 0.383 e. The highest BCUT2D eigenvalue weighted by Crippen LogP contribution is 2.37. The van der Waals surface area contributed by atoms with Gasteiger partial charge in [0.1, 0.15) is 0 Å². The summed E-state index contributed by atoms with van der Waals surface area (Å²) in [5.74, 6) is 0.597. The molecule has 1 aliphatic heterocycles. The van der Waals surface area contributed by atoms with Crippen molar-refractivity contribution in [1.29, 1.82) is 0 Å². The van der Waals surface area contributed by atoms with Gasteiger partial charge in [-0.15, -0.1) is 24.0 Å². The van der Waals surface area contributed by atoms with E-state index in [1.54, 1.807) is 20.2 Å². The van der Waals surface area contributed by atoms with Crippen LogP contribution in [0.2, 0.25) is 0 Å². The fourth-order valence-corrected chi connectivity index (χ4v) is 3.10. The van der Waals surface area contributed by atoms with E-state index in [4.69, 9.17) is 9.47 Å². The van der Waals surface area contributed by atoms with E-state index < -0.39 is 17.2 Å².